The van der Waals surface area contributed by atoms with Gasteiger partial charge in [-0.2, -0.15) is 8.42 Å². The number of piperidine rings is 1. The van der Waals surface area contributed by atoms with Gasteiger partial charge >= 0.3 is 0 Å². The van der Waals surface area contributed by atoms with E-state index >= 15 is 0 Å². The molecule has 2 atom stereocenters. The number of hydrogen-bond donors (Lipinski definition) is 1. The van der Waals surface area contributed by atoms with Crippen molar-refractivity contribution in [2.45, 2.75) is 37.8 Å². The Morgan fingerprint density at radius 2 is 2.09 bits per heavy atom. The predicted molar refractivity (Wildman–Crippen MR) is 43.1 cm³/mol. The van der Waals surface area contributed by atoms with Crippen molar-refractivity contribution in [3.05, 3.63) is 0 Å². The first kappa shape index (κ1) is 7.31. The zero-order chi connectivity index (χ0) is 7.84. The summed E-state index contributed by atoms with van der Waals surface area (Å²) >= 11 is 0. The molecular formula is C7H11NO2S. The molecule has 2 rings (SSSR count). The number of fused-ring (bicyclic) bond motifs is 2. The van der Waals surface area contributed by atoms with E-state index in [2.05, 4.69) is 5.32 Å². The topological polar surface area (TPSA) is 46.2 Å². The van der Waals surface area contributed by atoms with Gasteiger partial charge in [0.25, 0.3) is 0 Å². The highest BCUT2D eigenvalue weighted by atomic mass is 32.2. The molecule has 2 fully saturated rings. The second-order valence-corrected chi connectivity index (χ2v) is 4.23. The fourth-order valence-electron chi connectivity index (χ4n) is 1.99. The van der Waals surface area contributed by atoms with Crippen molar-refractivity contribution in [3.8, 4) is 0 Å². The maximum Gasteiger partial charge on any atom is 0.214 e. The molecular weight excluding hydrogens is 162 g/mol. The molecule has 0 radical (unpaired) electrons. The predicted octanol–water partition coefficient (Wildman–Crippen LogP) is -0.0477. The molecule has 2 bridgehead atoms. The Morgan fingerprint density at radius 1 is 1.27 bits per heavy atom. The van der Waals surface area contributed by atoms with Crippen LogP contribution in [0.5, 0.6) is 0 Å². The van der Waals surface area contributed by atoms with Crippen LogP contribution < -0.4 is 5.32 Å². The molecule has 2 unspecified atom stereocenters. The summed E-state index contributed by atoms with van der Waals surface area (Å²) in [7, 11) is -1.95. The molecule has 0 aliphatic carbocycles. The van der Waals surface area contributed by atoms with E-state index in [1.54, 1.807) is 0 Å². The van der Waals surface area contributed by atoms with Crippen molar-refractivity contribution in [2.24, 2.45) is 0 Å². The lowest BCUT2D eigenvalue weighted by molar-refractivity contribution is 0.529. The quantitative estimate of drug-likeness (QED) is 0.522. The number of rotatable bonds is 0. The Kier molecular flexibility index (Phi) is 1.73. The Morgan fingerprint density at radius 3 is 2.82 bits per heavy atom. The maximum atomic E-state index is 10.7. The highest BCUT2D eigenvalue weighted by Gasteiger charge is 2.32. The van der Waals surface area contributed by atoms with Gasteiger partial charge in [-0.05, 0) is 25.7 Å². The lowest BCUT2D eigenvalue weighted by Gasteiger charge is -2.20. The van der Waals surface area contributed by atoms with Crippen molar-refractivity contribution < 1.29 is 8.42 Å². The molecule has 2 aliphatic rings. The minimum Gasteiger partial charge on any atom is -0.307 e. The first-order valence-electron chi connectivity index (χ1n) is 3.98. The normalized spacial score (nSPS) is 35.8. The van der Waals surface area contributed by atoms with Crippen LogP contribution in [-0.2, 0) is 10.3 Å². The summed E-state index contributed by atoms with van der Waals surface area (Å²) in [5.41, 5.74) is 0. The summed E-state index contributed by atoms with van der Waals surface area (Å²) in [6.07, 6.45) is 3.93. The van der Waals surface area contributed by atoms with Crippen LogP contribution in [0, 0.1) is 0 Å². The lowest BCUT2D eigenvalue weighted by Crippen LogP contribution is -2.40. The van der Waals surface area contributed by atoms with Gasteiger partial charge in [-0.1, -0.05) is 0 Å². The van der Waals surface area contributed by atoms with Crippen LogP contribution in [-0.4, -0.2) is 25.4 Å². The third-order valence-corrected chi connectivity index (χ3v) is 3.50. The molecule has 1 N–H and O–H groups in total. The Labute approximate surface area is 67.3 Å². The van der Waals surface area contributed by atoms with Crippen molar-refractivity contribution in [3.63, 3.8) is 0 Å². The van der Waals surface area contributed by atoms with E-state index in [4.69, 9.17) is 0 Å². The highest BCUT2D eigenvalue weighted by molar-refractivity contribution is 7.73. The summed E-state index contributed by atoms with van der Waals surface area (Å²) in [6.45, 7) is 0. The van der Waals surface area contributed by atoms with E-state index in [9.17, 15) is 8.42 Å². The van der Waals surface area contributed by atoms with E-state index in [0.29, 0.717) is 10.9 Å². The first-order valence-corrected chi connectivity index (χ1v) is 5.06. The molecule has 0 saturated carbocycles. The van der Waals surface area contributed by atoms with E-state index in [-0.39, 0.29) is 6.04 Å². The van der Waals surface area contributed by atoms with Crippen molar-refractivity contribution in [1.29, 1.82) is 0 Å². The molecule has 3 nitrogen and oxygen atoms in total. The maximum absolute atomic E-state index is 10.7. The van der Waals surface area contributed by atoms with Crippen LogP contribution in [0.3, 0.4) is 0 Å². The molecule has 11 heavy (non-hydrogen) atoms. The van der Waals surface area contributed by atoms with Crippen LogP contribution in [0.15, 0.2) is 0 Å². The van der Waals surface area contributed by atoms with Crippen molar-refractivity contribution in [2.75, 3.05) is 0 Å². The van der Waals surface area contributed by atoms with Crippen LogP contribution in [0.25, 0.3) is 0 Å². The largest absolute Gasteiger partial charge is 0.307 e. The van der Waals surface area contributed by atoms with Gasteiger partial charge < -0.3 is 5.32 Å². The summed E-state index contributed by atoms with van der Waals surface area (Å²) < 4.78 is 21.3. The van der Waals surface area contributed by atoms with Crippen molar-refractivity contribution in [1.82, 2.24) is 5.32 Å². The highest BCUT2D eigenvalue weighted by Crippen LogP contribution is 2.24. The molecule has 2 saturated heterocycles. The van der Waals surface area contributed by atoms with E-state index in [0.717, 1.165) is 25.7 Å². The van der Waals surface area contributed by atoms with Gasteiger partial charge in [0, 0.05) is 12.1 Å². The second-order valence-electron chi connectivity index (χ2n) is 3.23. The van der Waals surface area contributed by atoms with E-state index < -0.39 is 10.3 Å². The lowest BCUT2D eigenvalue weighted by atomic mass is 10.1. The molecule has 4 heteroatoms. The van der Waals surface area contributed by atoms with Crippen LogP contribution in [0.2, 0.25) is 0 Å². The third-order valence-electron chi connectivity index (χ3n) is 2.58. The minimum absolute atomic E-state index is 0.173. The zero-order valence-electron chi connectivity index (χ0n) is 6.21. The van der Waals surface area contributed by atoms with Gasteiger partial charge in [-0.25, -0.2) is 0 Å². The first-order chi connectivity index (χ1) is 5.27. The van der Waals surface area contributed by atoms with Crippen LogP contribution in [0.4, 0.5) is 0 Å². The summed E-state index contributed by atoms with van der Waals surface area (Å²) in [6, 6.07) is 0.763. The summed E-state index contributed by atoms with van der Waals surface area (Å²) in [5.74, 6) is 0. The molecule has 0 aromatic rings. The molecule has 0 amide bonds. The number of hydrogen-bond acceptors (Lipinski definition) is 3. The average molecular weight is 173 g/mol. The van der Waals surface area contributed by atoms with Gasteiger partial charge in [-0.15, -0.1) is 0 Å². The monoisotopic (exact) mass is 173 g/mol. The van der Waals surface area contributed by atoms with Gasteiger partial charge in [0.1, 0.15) is 0 Å². The van der Waals surface area contributed by atoms with Crippen LogP contribution in [0.1, 0.15) is 25.7 Å². The number of nitrogens with one attached hydrogen (secondary N) is 1. The average Bonchev–Trinajstić information content (AvgIpc) is 2.32. The molecule has 2 heterocycles. The third kappa shape index (κ3) is 1.20. The van der Waals surface area contributed by atoms with Gasteiger partial charge in [0.2, 0.25) is 10.3 Å². The smallest absolute Gasteiger partial charge is 0.214 e. The summed E-state index contributed by atoms with van der Waals surface area (Å²) in [5, 5.41) is 3.29. The Hall–Kier alpha value is -0.350. The summed E-state index contributed by atoms with van der Waals surface area (Å²) in [4.78, 5) is 0.693. The van der Waals surface area contributed by atoms with Crippen LogP contribution >= 0.6 is 0 Å². The fourth-order valence-corrected chi connectivity index (χ4v) is 2.69. The van der Waals surface area contributed by atoms with E-state index in [1.165, 1.54) is 0 Å². The SMILES string of the molecule is O=S(=O)=C1CCC2CCC1N2. The van der Waals surface area contributed by atoms with Gasteiger partial charge in [0.05, 0.1) is 4.86 Å². The standard InChI is InChI=1S/C7H11NO2S/c9-11(10)7-4-2-5-1-3-6(7)8-5/h5-6,8H,1-4H2. The Bertz CT molecular complexity index is 286. The van der Waals surface area contributed by atoms with Gasteiger partial charge in [0.15, 0.2) is 0 Å². The van der Waals surface area contributed by atoms with Gasteiger partial charge in [-0.3, -0.25) is 0 Å². The zero-order valence-corrected chi connectivity index (χ0v) is 7.02. The molecule has 62 valence electrons. The van der Waals surface area contributed by atoms with Crippen molar-refractivity contribution >= 4 is 15.2 Å². The molecule has 0 spiro atoms. The fraction of sp³-hybridized carbons (Fsp3) is 0.857. The molecule has 0 aromatic carbocycles. The Balaban J connectivity index is 2.33. The van der Waals surface area contributed by atoms with E-state index in [1.807, 2.05) is 0 Å². The minimum atomic E-state index is -1.95. The second kappa shape index (κ2) is 2.60. The molecule has 2 aliphatic heterocycles. The molecule has 0 aromatic heterocycles.